The van der Waals surface area contributed by atoms with Crippen molar-refractivity contribution in [1.82, 2.24) is 0 Å². The molecule has 0 saturated heterocycles. The highest BCUT2D eigenvalue weighted by Crippen LogP contribution is 2.26. The average molecular weight is 315 g/mol. The van der Waals surface area contributed by atoms with Gasteiger partial charge in [0.15, 0.2) is 8.32 Å². The second-order valence-corrected chi connectivity index (χ2v) is 16.2. The van der Waals surface area contributed by atoms with Gasteiger partial charge in [0.25, 0.3) is 0 Å². The normalized spacial score (nSPS) is 15.4. The Bertz CT molecular complexity index is 313. The van der Waals surface area contributed by atoms with Crippen LogP contribution in [0.3, 0.4) is 0 Å². The van der Waals surface area contributed by atoms with E-state index in [1.807, 2.05) is 0 Å². The van der Waals surface area contributed by atoms with Crippen molar-refractivity contribution in [2.24, 2.45) is 5.92 Å². The first-order valence-electron chi connectivity index (χ1n) is 8.05. The van der Waals surface area contributed by atoms with Gasteiger partial charge in [-0.3, -0.25) is 0 Å². The molecule has 0 aliphatic carbocycles. The molecule has 0 fully saturated rings. The third-order valence-corrected chi connectivity index (χ3v) is 9.54. The first kappa shape index (κ1) is 19.9. The summed E-state index contributed by atoms with van der Waals surface area (Å²) in [5, 5.41) is 9.32. The van der Waals surface area contributed by atoms with Crippen LogP contribution < -0.4 is 0 Å². The number of hydrogen-bond acceptors (Lipinski definition) is 2. The molecule has 2 atom stereocenters. The third kappa shape index (κ3) is 7.07. The maximum Gasteiger partial charge on any atom is 0.192 e. The Hall–Kier alpha value is -0.0862. The smallest absolute Gasteiger partial charge is 0.192 e. The molecule has 0 bridgehead atoms. The van der Waals surface area contributed by atoms with E-state index in [1.165, 1.54) is 0 Å². The quantitative estimate of drug-likeness (QED) is 0.535. The van der Waals surface area contributed by atoms with Gasteiger partial charge in [0.1, 0.15) is 8.07 Å². The van der Waals surface area contributed by atoms with Gasteiger partial charge < -0.3 is 9.53 Å². The molecular weight excluding hydrogens is 280 g/mol. The molecule has 0 aliphatic heterocycles. The Balaban J connectivity index is 4.99. The predicted octanol–water partition coefficient (Wildman–Crippen LogP) is 4.28. The zero-order valence-corrected chi connectivity index (χ0v) is 16.5. The zero-order chi connectivity index (χ0) is 15.8. The molecule has 0 rings (SSSR count). The van der Waals surface area contributed by atoms with Crippen LogP contribution in [-0.4, -0.2) is 34.2 Å². The monoisotopic (exact) mass is 314 g/mol. The van der Waals surface area contributed by atoms with Gasteiger partial charge in [0.05, 0.1) is 6.10 Å². The Labute approximate surface area is 128 Å². The van der Waals surface area contributed by atoms with E-state index < -0.39 is 16.4 Å². The lowest BCUT2D eigenvalue weighted by Crippen LogP contribution is -2.42. The summed E-state index contributed by atoms with van der Waals surface area (Å²) >= 11 is 0. The van der Waals surface area contributed by atoms with Crippen LogP contribution >= 0.6 is 0 Å². The molecule has 0 aromatic heterocycles. The molecule has 0 radical (unpaired) electrons. The van der Waals surface area contributed by atoms with Crippen LogP contribution in [0.15, 0.2) is 0 Å². The number of rotatable bonds is 8. The molecule has 2 nitrogen and oxygen atoms in total. The van der Waals surface area contributed by atoms with Crippen LogP contribution in [0.2, 0.25) is 37.8 Å². The summed E-state index contributed by atoms with van der Waals surface area (Å²) in [7, 11) is -2.96. The van der Waals surface area contributed by atoms with E-state index in [9.17, 15) is 5.11 Å². The molecule has 0 saturated carbocycles. The highest BCUT2D eigenvalue weighted by Gasteiger charge is 2.33. The zero-order valence-electron chi connectivity index (χ0n) is 14.5. The fraction of sp³-hybridized carbons (Fsp3) is 0.875. The Morgan fingerprint density at radius 2 is 1.55 bits per heavy atom. The van der Waals surface area contributed by atoms with E-state index in [-0.39, 0.29) is 18.6 Å². The predicted molar refractivity (Wildman–Crippen MR) is 94.1 cm³/mol. The first-order valence-corrected chi connectivity index (χ1v) is 14.1. The van der Waals surface area contributed by atoms with E-state index in [0.717, 1.165) is 18.1 Å². The van der Waals surface area contributed by atoms with Crippen LogP contribution in [0.4, 0.5) is 0 Å². The Kier molecular flexibility index (Phi) is 9.00. The van der Waals surface area contributed by atoms with Crippen LogP contribution in [-0.2, 0) is 4.43 Å². The minimum atomic E-state index is -1.62. The standard InChI is InChI=1S/C16H34O2Si2/c1-8-20(9-2,10-3)18-16(11-13-17)15(4)12-14-19(5,6)7/h15-17H,8-11,13H2,1-7H3/t15-,16+/m0/s1. The summed E-state index contributed by atoms with van der Waals surface area (Å²) in [5.74, 6) is 3.61. The summed E-state index contributed by atoms with van der Waals surface area (Å²) < 4.78 is 6.54. The van der Waals surface area contributed by atoms with Gasteiger partial charge in [-0.15, -0.1) is 11.5 Å². The van der Waals surface area contributed by atoms with Crippen molar-refractivity contribution in [3.8, 4) is 11.5 Å². The van der Waals surface area contributed by atoms with Crippen LogP contribution in [0.1, 0.15) is 34.1 Å². The fourth-order valence-electron chi connectivity index (χ4n) is 2.28. The number of aliphatic hydroxyl groups excluding tert-OH is 1. The number of aliphatic hydroxyl groups is 1. The SMILES string of the molecule is CC[Si](CC)(CC)O[C@H](CCO)[C@@H](C)C#C[Si](C)(C)C. The first-order chi connectivity index (χ1) is 9.23. The average Bonchev–Trinajstić information content (AvgIpc) is 2.40. The molecule has 0 aromatic carbocycles. The van der Waals surface area contributed by atoms with Gasteiger partial charge in [-0.1, -0.05) is 40.4 Å². The molecule has 0 aromatic rings. The maximum atomic E-state index is 9.32. The van der Waals surface area contributed by atoms with Crippen molar-refractivity contribution in [3.05, 3.63) is 0 Å². The van der Waals surface area contributed by atoms with E-state index >= 15 is 0 Å². The van der Waals surface area contributed by atoms with E-state index in [4.69, 9.17) is 4.43 Å². The van der Waals surface area contributed by atoms with E-state index in [2.05, 4.69) is 58.8 Å². The molecular formula is C16H34O2Si2. The Morgan fingerprint density at radius 1 is 1.05 bits per heavy atom. The van der Waals surface area contributed by atoms with Crippen LogP contribution in [0.5, 0.6) is 0 Å². The maximum absolute atomic E-state index is 9.32. The Morgan fingerprint density at radius 3 is 1.90 bits per heavy atom. The van der Waals surface area contributed by atoms with Crippen LogP contribution in [0, 0.1) is 17.4 Å². The van der Waals surface area contributed by atoms with Crippen molar-refractivity contribution >= 4 is 16.4 Å². The fourth-order valence-corrected chi connectivity index (χ4v) is 5.91. The molecule has 4 heteroatoms. The van der Waals surface area contributed by atoms with Crippen molar-refractivity contribution in [1.29, 1.82) is 0 Å². The van der Waals surface area contributed by atoms with Gasteiger partial charge >= 0.3 is 0 Å². The summed E-state index contributed by atoms with van der Waals surface area (Å²) in [6.45, 7) is 15.8. The third-order valence-electron chi connectivity index (χ3n) is 3.98. The largest absolute Gasteiger partial charge is 0.413 e. The molecule has 0 unspecified atom stereocenters. The second-order valence-electron chi connectivity index (χ2n) is 6.72. The van der Waals surface area contributed by atoms with Crippen LogP contribution in [0.25, 0.3) is 0 Å². The molecule has 20 heavy (non-hydrogen) atoms. The highest BCUT2D eigenvalue weighted by molar-refractivity contribution is 6.83. The van der Waals surface area contributed by atoms with E-state index in [0.29, 0.717) is 6.42 Å². The second kappa shape index (κ2) is 9.04. The number of hydrogen-bond donors (Lipinski definition) is 1. The molecule has 1 N–H and O–H groups in total. The molecule has 118 valence electrons. The highest BCUT2D eigenvalue weighted by atomic mass is 28.4. The summed E-state index contributed by atoms with van der Waals surface area (Å²) in [6, 6.07) is 3.45. The molecule has 0 aliphatic rings. The van der Waals surface area contributed by atoms with Crippen molar-refractivity contribution in [2.75, 3.05) is 6.61 Å². The molecule has 0 heterocycles. The van der Waals surface area contributed by atoms with Crippen molar-refractivity contribution in [3.63, 3.8) is 0 Å². The van der Waals surface area contributed by atoms with Gasteiger partial charge in [0.2, 0.25) is 0 Å². The van der Waals surface area contributed by atoms with Gasteiger partial charge in [-0.05, 0) is 31.5 Å². The van der Waals surface area contributed by atoms with Gasteiger partial charge in [-0.2, -0.15) is 0 Å². The lowest BCUT2D eigenvalue weighted by molar-refractivity contribution is 0.117. The van der Waals surface area contributed by atoms with E-state index in [1.54, 1.807) is 0 Å². The topological polar surface area (TPSA) is 29.5 Å². The molecule has 0 amide bonds. The summed E-state index contributed by atoms with van der Waals surface area (Å²) in [5.41, 5.74) is 3.44. The summed E-state index contributed by atoms with van der Waals surface area (Å²) in [6.07, 6.45) is 0.798. The minimum absolute atomic E-state index is 0.0929. The summed E-state index contributed by atoms with van der Waals surface area (Å²) in [4.78, 5) is 0. The van der Waals surface area contributed by atoms with Gasteiger partial charge in [-0.25, -0.2) is 0 Å². The van der Waals surface area contributed by atoms with Crippen molar-refractivity contribution in [2.45, 2.75) is 78.0 Å². The van der Waals surface area contributed by atoms with Gasteiger partial charge in [0, 0.05) is 12.5 Å². The lowest BCUT2D eigenvalue weighted by Gasteiger charge is -2.34. The molecule has 0 spiro atoms. The lowest BCUT2D eigenvalue weighted by atomic mass is 10.0. The minimum Gasteiger partial charge on any atom is -0.413 e. The van der Waals surface area contributed by atoms with Crippen molar-refractivity contribution < 1.29 is 9.53 Å².